The number of hydrogen-bond donors (Lipinski definition) is 1. The van der Waals surface area contributed by atoms with E-state index in [4.69, 9.17) is 4.84 Å². The van der Waals surface area contributed by atoms with E-state index in [2.05, 4.69) is 41.0 Å². The lowest BCUT2D eigenvalue weighted by Crippen LogP contribution is -2.49. The number of hydrogen-bond acceptors (Lipinski definition) is 8. The molecule has 0 saturated carbocycles. The molecule has 218 valence electrons. The first kappa shape index (κ1) is 29.4. The maximum absolute atomic E-state index is 14.0. The second-order valence-electron chi connectivity index (χ2n) is 9.42. The van der Waals surface area contributed by atoms with Crippen molar-refractivity contribution in [2.24, 2.45) is 0 Å². The zero-order valence-corrected chi connectivity index (χ0v) is 24.8. The van der Waals surface area contributed by atoms with Crippen LogP contribution in [0.5, 0.6) is 5.75 Å². The van der Waals surface area contributed by atoms with Gasteiger partial charge in [-0.2, -0.15) is 8.42 Å². The summed E-state index contributed by atoms with van der Waals surface area (Å²) in [6, 6.07) is 18.9. The third kappa shape index (κ3) is 7.22. The summed E-state index contributed by atoms with van der Waals surface area (Å²) in [6.07, 6.45) is 3.45. The molecule has 0 atom stereocenters. The predicted octanol–water partition coefficient (Wildman–Crippen LogP) is 4.12. The monoisotopic (exact) mass is 654 g/mol. The number of nitrogens with zero attached hydrogens (tertiary/aromatic N) is 5. The average Bonchev–Trinajstić information content (AvgIpc) is 3.01. The topological polar surface area (TPSA) is 108 Å². The van der Waals surface area contributed by atoms with E-state index in [-0.39, 0.29) is 22.2 Å². The van der Waals surface area contributed by atoms with Gasteiger partial charge in [0.2, 0.25) is 5.95 Å². The van der Waals surface area contributed by atoms with Crippen molar-refractivity contribution in [3.63, 3.8) is 0 Å². The van der Waals surface area contributed by atoms with E-state index in [1.807, 2.05) is 0 Å². The van der Waals surface area contributed by atoms with E-state index in [0.29, 0.717) is 23.1 Å². The lowest BCUT2D eigenvalue weighted by Gasteiger charge is -2.34. The zero-order valence-electron chi connectivity index (χ0n) is 22.4. The Morgan fingerprint density at radius 3 is 2.31 bits per heavy atom. The number of nitrogens with one attached hydrogen (secondary N) is 1. The standard InChI is InChI=1S/C29H28BrFN6O4S/c30-23-7-9-26(10-8-23)41-37(25-4-1-3-24(31)21-25)42(39,40)27-11-5-22(6-12-27)28(38)32-15-16-35-17-19-36(20-18-35)29-33-13-2-14-34-29/h1-14,21H,15-20H2,(H,32,38). The predicted molar refractivity (Wildman–Crippen MR) is 160 cm³/mol. The van der Waals surface area contributed by atoms with Crippen LogP contribution in [0.2, 0.25) is 0 Å². The summed E-state index contributed by atoms with van der Waals surface area (Å²) < 4.78 is 42.7. The molecule has 1 aromatic heterocycles. The van der Waals surface area contributed by atoms with Crippen LogP contribution in [0.25, 0.3) is 0 Å². The molecule has 3 aromatic carbocycles. The molecule has 42 heavy (non-hydrogen) atoms. The fourth-order valence-electron chi connectivity index (χ4n) is 4.35. The molecule has 0 unspecified atom stereocenters. The van der Waals surface area contributed by atoms with Crippen molar-refractivity contribution in [2.75, 3.05) is 48.6 Å². The Kier molecular flexibility index (Phi) is 9.30. The molecule has 5 rings (SSSR count). The summed E-state index contributed by atoms with van der Waals surface area (Å²) in [6.45, 7) is 4.36. The van der Waals surface area contributed by atoms with Crippen molar-refractivity contribution < 1.29 is 22.4 Å². The number of carbonyl (C=O) groups excluding carboxylic acids is 1. The second kappa shape index (κ2) is 13.3. The van der Waals surface area contributed by atoms with Crippen molar-refractivity contribution >= 4 is 43.5 Å². The van der Waals surface area contributed by atoms with Gasteiger partial charge in [0.05, 0.1) is 10.6 Å². The molecule has 1 N–H and O–H groups in total. The van der Waals surface area contributed by atoms with Crippen LogP contribution < -0.4 is 19.5 Å². The number of piperazine rings is 1. The van der Waals surface area contributed by atoms with Gasteiger partial charge in [-0.25, -0.2) is 14.4 Å². The largest absolute Gasteiger partial charge is 0.364 e. The highest BCUT2D eigenvalue weighted by atomic mass is 79.9. The highest BCUT2D eigenvalue weighted by Crippen LogP contribution is 2.27. The normalized spacial score (nSPS) is 13.9. The molecule has 1 fully saturated rings. The SMILES string of the molecule is O=C(NCCN1CCN(c2ncccn2)CC1)c1ccc(S(=O)(=O)N(Oc2ccc(Br)cc2)c2cccc(F)c2)cc1. The van der Waals surface area contributed by atoms with Crippen molar-refractivity contribution in [2.45, 2.75) is 4.90 Å². The van der Waals surface area contributed by atoms with Gasteiger partial charge in [0, 0.05) is 67.8 Å². The van der Waals surface area contributed by atoms with Crippen molar-refractivity contribution in [3.05, 3.63) is 107 Å². The van der Waals surface area contributed by atoms with Crippen LogP contribution in [0.15, 0.2) is 101 Å². The summed E-state index contributed by atoms with van der Waals surface area (Å²) in [5, 5.41) is 2.89. The molecule has 1 saturated heterocycles. The first-order valence-electron chi connectivity index (χ1n) is 13.2. The minimum atomic E-state index is -4.30. The van der Waals surface area contributed by atoms with Gasteiger partial charge in [-0.15, -0.1) is 0 Å². The number of carbonyl (C=O) groups is 1. The smallest absolute Gasteiger partial charge is 0.295 e. The molecular weight excluding hydrogens is 627 g/mol. The van der Waals surface area contributed by atoms with Crippen LogP contribution in [0.3, 0.4) is 0 Å². The van der Waals surface area contributed by atoms with E-state index in [9.17, 15) is 17.6 Å². The number of halogens is 2. The van der Waals surface area contributed by atoms with Crippen LogP contribution in [-0.2, 0) is 10.0 Å². The first-order valence-corrected chi connectivity index (χ1v) is 15.4. The number of anilines is 2. The van der Waals surface area contributed by atoms with E-state index in [1.54, 1.807) is 42.7 Å². The summed E-state index contributed by atoms with van der Waals surface area (Å²) in [4.78, 5) is 31.3. The summed E-state index contributed by atoms with van der Waals surface area (Å²) >= 11 is 3.33. The van der Waals surface area contributed by atoms with Crippen LogP contribution >= 0.6 is 15.9 Å². The van der Waals surface area contributed by atoms with Crippen molar-refractivity contribution in [1.29, 1.82) is 0 Å². The highest BCUT2D eigenvalue weighted by Gasteiger charge is 2.28. The quantitative estimate of drug-likeness (QED) is 0.255. The Morgan fingerprint density at radius 1 is 0.952 bits per heavy atom. The molecule has 2 heterocycles. The van der Waals surface area contributed by atoms with E-state index >= 15 is 0 Å². The molecule has 13 heteroatoms. The lowest BCUT2D eigenvalue weighted by atomic mass is 10.2. The Morgan fingerprint density at radius 2 is 1.64 bits per heavy atom. The van der Waals surface area contributed by atoms with E-state index in [0.717, 1.165) is 42.7 Å². The average molecular weight is 656 g/mol. The summed E-state index contributed by atoms with van der Waals surface area (Å²) in [7, 11) is -4.30. The third-order valence-corrected chi connectivity index (χ3v) is 8.69. The second-order valence-corrected chi connectivity index (χ2v) is 12.1. The molecule has 0 aliphatic carbocycles. The zero-order chi connectivity index (χ0) is 29.5. The first-order chi connectivity index (χ1) is 20.3. The van der Waals surface area contributed by atoms with Gasteiger partial charge in [0.15, 0.2) is 5.75 Å². The van der Waals surface area contributed by atoms with Gasteiger partial charge in [-0.3, -0.25) is 9.69 Å². The number of rotatable bonds is 10. The molecular formula is C29H28BrFN6O4S. The number of amides is 1. The van der Waals surface area contributed by atoms with Crippen LogP contribution in [0, 0.1) is 5.82 Å². The number of aromatic nitrogens is 2. The molecule has 0 radical (unpaired) electrons. The Balaban J connectivity index is 1.20. The molecule has 0 bridgehead atoms. The molecule has 1 aliphatic heterocycles. The maximum Gasteiger partial charge on any atom is 0.295 e. The maximum atomic E-state index is 14.0. The Bertz CT molecular complexity index is 1600. The fourth-order valence-corrected chi connectivity index (χ4v) is 5.86. The van der Waals surface area contributed by atoms with E-state index in [1.165, 1.54) is 42.5 Å². The minimum absolute atomic E-state index is 0.0168. The lowest BCUT2D eigenvalue weighted by molar-refractivity contribution is 0.0947. The van der Waals surface area contributed by atoms with Gasteiger partial charge in [0.25, 0.3) is 15.9 Å². The van der Waals surface area contributed by atoms with E-state index < -0.39 is 15.8 Å². The van der Waals surface area contributed by atoms with Gasteiger partial charge in [0.1, 0.15) is 5.82 Å². The number of benzene rings is 3. The Labute approximate surface area is 251 Å². The fraction of sp³-hybridized carbons (Fsp3) is 0.207. The van der Waals surface area contributed by atoms with Crippen LogP contribution in [0.4, 0.5) is 16.0 Å². The molecule has 4 aromatic rings. The van der Waals surface area contributed by atoms with Crippen molar-refractivity contribution in [1.82, 2.24) is 20.2 Å². The van der Waals surface area contributed by atoms with Crippen LogP contribution in [-0.4, -0.2) is 68.5 Å². The van der Waals surface area contributed by atoms with Gasteiger partial charge < -0.3 is 15.1 Å². The van der Waals surface area contributed by atoms with Gasteiger partial charge in [-0.05, 0) is 66.7 Å². The van der Waals surface area contributed by atoms with Crippen LogP contribution in [0.1, 0.15) is 10.4 Å². The summed E-state index contributed by atoms with van der Waals surface area (Å²) in [5.41, 5.74) is 0.294. The number of sulfonamides is 1. The Hall–Kier alpha value is -4.07. The molecule has 0 spiro atoms. The minimum Gasteiger partial charge on any atom is -0.364 e. The van der Waals surface area contributed by atoms with Gasteiger partial charge >= 0.3 is 0 Å². The molecule has 10 nitrogen and oxygen atoms in total. The highest BCUT2D eigenvalue weighted by molar-refractivity contribution is 9.10. The summed E-state index contributed by atoms with van der Waals surface area (Å²) in [5.74, 6) is 0.0151. The van der Waals surface area contributed by atoms with Crippen molar-refractivity contribution in [3.8, 4) is 5.75 Å². The molecule has 1 aliphatic rings. The van der Waals surface area contributed by atoms with Gasteiger partial charge in [-0.1, -0.05) is 26.5 Å². The third-order valence-electron chi connectivity index (χ3n) is 6.57. The molecule has 1 amide bonds.